The number of hydrogen-bond donors (Lipinski definition) is 1. The number of benzene rings is 1. The van der Waals surface area contributed by atoms with E-state index in [1.54, 1.807) is 19.1 Å². The fraction of sp³-hybridized carbons (Fsp3) is 0.560. The van der Waals surface area contributed by atoms with Crippen molar-refractivity contribution in [1.82, 2.24) is 14.8 Å². The molecule has 4 aliphatic carbocycles. The largest absolute Gasteiger partial charge is 0.433 e. The summed E-state index contributed by atoms with van der Waals surface area (Å²) in [4.78, 5) is 22.5. The number of hydrogen-bond acceptors (Lipinski definition) is 4. The molecule has 0 amide bonds. The van der Waals surface area contributed by atoms with E-state index in [1.807, 2.05) is 19.1 Å². The Morgan fingerprint density at radius 3 is 2.38 bits per heavy atom. The van der Waals surface area contributed by atoms with Crippen LogP contribution in [0.5, 0.6) is 0 Å². The summed E-state index contributed by atoms with van der Waals surface area (Å²) in [7, 11) is 0. The van der Waals surface area contributed by atoms with Crippen LogP contribution in [0.1, 0.15) is 63.6 Å². The van der Waals surface area contributed by atoms with Crippen LogP contribution in [0, 0.1) is 23.2 Å². The molecule has 4 bridgehead atoms. The number of halogens is 3. The second-order valence-electron chi connectivity index (χ2n) is 10.6. The van der Waals surface area contributed by atoms with Crippen LogP contribution in [0.3, 0.4) is 0 Å². The third kappa shape index (κ3) is 3.46. The second-order valence-corrected chi connectivity index (χ2v) is 11.6. The Kier molecular flexibility index (Phi) is 4.89. The molecule has 34 heavy (non-hydrogen) atoms. The van der Waals surface area contributed by atoms with E-state index >= 15 is 0 Å². The van der Waals surface area contributed by atoms with Gasteiger partial charge in [-0.25, -0.2) is 4.98 Å². The van der Waals surface area contributed by atoms with E-state index in [2.05, 4.69) is 10.1 Å². The van der Waals surface area contributed by atoms with Gasteiger partial charge in [0.1, 0.15) is 0 Å². The van der Waals surface area contributed by atoms with Crippen LogP contribution in [-0.4, -0.2) is 26.5 Å². The topological polar surface area (TPSA) is 63.0 Å². The van der Waals surface area contributed by atoms with Crippen molar-refractivity contribution in [1.29, 1.82) is 0 Å². The number of para-hydroxylation sites is 1. The maximum Gasteiger partial charge on any atom is 0.433 e. The Labute approximate surface area is 199 Å². The average Bonchev–Trinajstić information content (AvgIpc) is 3.33. The first-order chi connectivity index (χ1) is 16.1. The van der Waals surface area contributed by atoms with Crippen LogP contribution >= 0.6 is 11.3 Å². The summed E-state index contributed by atoms with van der Waals surface area (Å²) in [5.41, 5.74) is -1.38. The van der Waals surface area contributed by atoms with E-state index in [1.165, 1.54) is 30.6 Å². The Morgan fingerprint density at radius 1 is 1.18 bits per heavy atom. The highest BCUT2D eigenvalue weighted by Gasteiger charge is 2.53. The lowest BCUT2D eigenvalue weighted by atomic mass is 9.48. The highest BCUT2D eigenvalue weighted by molar-refractivity contribution is 7.20. The van der Waals surface area contributed by atoms with Crippen molar-refractivity contribution < 1.29 is 13.2 Å². The number of aromatic amines is 1. The number of nitrogens with zero attached hydrogens (tertiary/aromatic N) is 3. The number of nitrogens with one attached hydrogen (secondary N) is 1. The molecule has 0 spiro atoms. The first kappa shape index (κ1) is 22.1. The van der Waals surface area contributed by atoms with E-state index in [9.17, 15) is 18.0 Å². The van der Waals surface area contributed by atoms with Crippen LogP contribution in [0.2, 0.25) is 0 Å². The Balaban J connectivity index is 1.41. The molecule has 4 fully saturated rings. The summed E-state index contributed by atoms with van der Waals surface area (Å²) in [6.45, 7) is 3.57. The molecule has 0 radical (unpaired) electrons. The minimum absolute atomic E-state index is 0.0523. The highest BCUT2D eigenvalue weighted by atomic mass is 32.1. The van der Waals surface area contributed by atoms with Crippen LogP contribution in [-0.2, 0) is 6.18 Å². The molecule has 7 rings (SSSR count). The van der Waals surface area contributed by atoms with Gasteiger partial charge in [-0.1, -0.05) is 23.5 Å². The molecular formula is C25H27F3N4OS. The van der Waals surface area contributed by atoms with Gasteiger partial charge >= 0.3 is 6.18 Å². The van der Waals surface area contributed by atoms with Gasteiger partial charge in [0.2, 0.25) is 5.13 Å². The SMILES string of the molecule is CC(=N[C@H](C)C12CC3CC(CC(C3)C1)C2)c1c(C(F)(F)F)[nH]n(-c2nc3ccccc3s2)c1=O. The Hall–Kier alpha value is -2.42. The molecule has 2 heterocycles. The lowest BCUT2D eigenvalue weighted by molar-refractivity contribution is -0.141. The molecule has 1 atom stereocenters. The molecule has 180 valence electrons. The van der Waals surface area contributed by atoms with Gasteiger partial charge in [0.15, 0.2) is 5.69 Å². The first-order valence-electron chi connectivity index (χ1n) is 12.0. The van der Waals surface area contributed by atoms with Gasteiger partial charge in [-0.15, -0.1) is 0 Å². The number of rotatable bonds is 4. The molecule has 0 saturated heterocycles. The molecule has 2 aromatic heterocycles. The van der Waals surface area contributed by atoms with Gasteiger partial charge in [-0.05, 0) is 87.7 Å². The molecule has 5 nitrogen and oxygen atoms in total. The van der Waals surface area contributed by atoms with Crippen LogP contribution in [0.15, 0.2) is 34.1 Å². The molecule has 3 aromatic rings. The quantitative estimate of drug-likeness (QED) is 0.444. The number of fused-ring (bicyclic) bond motifs is 1. The van der Waals surface area contributed by atoms with Gasteiger partial charge in [-0.3, -0.25) is 14.9 Å². The Morgan fingerprint density at radius 2 is 1.79 bits per heavy atom. The standard InChI is InChI=1S/C25H27F3N4OS/c1-13(29-14(2)24-10-15-7-16(11-24)9-17(8-15)12-24)20-21(25(26,27)28)31-32(22(20)33)23-30-18-5-3-4-6-19(18)34-23/h3-6,14-17,31H,7-12H2,1-2H3/t14-,15?,16?,17?,24?/m1/s1. The van der Waals surface area contributed by atoms with E-state index in [0.717, 1.165) is 46.4 Å². The fourth-order valence-electron chi connectivity index (χ4n) is 7.25. The van der Waals surface area contributed by atoms with Gasteiger partial charge in [0.25, 0.3) is 5.56 Å². The van der Waals surface area contributed by atoms with Crippen LogP contribution < -0.4 is 5.56 Å². The minimum atomic E-state index is -4.71. The summed E-state index contributed by atoms with van der Waals surface area (Å²) in [5, 5.41) is 2.49. The predicted molar refractivity (Wildman–Crippen MR) is 127 cm³/mol. The zero-order valence-corrected chi connectivity index (χ0v) is 20.0. The van der Waals surface area contributed by atoms with Crippen molar-refractivity contribution >= 4 is 27.3 Å². The average molecular weight is 489 g/mol. The number of alkyl halides is 3. The zero-order chi connectivity index (χ0) is 23.8. The van der Waals surface area contributed by atoms with Crippen molar-refractivity contribution in [2.45, 2.75) is 64.6 Å². The second kappa shape index (κ2) is 7.54. The molecule has 1 N–H and O–H groups in total. The zero-order valence-electron chi connectivity index (χ0n) is 19.2. The van der Waals surface area contributed by atoms with E-state index in [4.69, 9.17) is 4.99 Å². The summed E-state index contributed by atoms with van der Waals surface area (Å²) in [6, 6.07) is 7.12. The van der Waals surface area contributed by atoms with Gasteiger partial charge < -0.3 is 0 Å². The maximum absolute atomic E-state index is 14.0. The summed E-state index contributed by atoms with van der Waals surface area (Å²) in [6.07, 6.45) is 2.47. The van der Waals surface area contributed by atoms with E-state index < -0.39 is 23.0 Å². The van der Waals surface area contributed by atoms with Crippen molar-refractivity contribution in [2.24, 2.45) is 28.2 Å². The molecule has 1 aromatic carbocycles. The summed E-state index contributed by atoms with van der Waals surface area (Å²) < 4.78 is 43.8. The number of thiazole rings is 1. The number of aliphatic imine (C=N–C) groups is 1. The lowest BCUT2D eigenvalue weighted by Gasteiger charge is -2.58. The fourth-order valence-corrected chi connectivity index (χ4v) is 8.18. The normalized spacial score (nSPS) is 29.8. The molecule has 4 saturated carbocycles. The van der Waals surface area contributed by atoms with E-state index in [0.29, 0.717) is 5.52 Å². The lowest BCUT2D eigenvalue weighted by Crippen LogP contribution is -2.50. The third-order valence-electron chi connectivity index (χ3n) is 8.37. The molecule has 0 aliphatic heterocycles. The Bertz CT molecular complexity index is 1280. The third-order valence-corrected chi connectivity index (χ3v) is 9.39. The first-order valence-corrected chi connectivity index (χ1v) is 12.8. The van der Waals surface area contributed by atoms with Crippen LogP contribution in [0.25, 0.3) is 15.3 Å². The van der Waals surface area contributed by atoms with Gasteiger partial charge in [0.05, 0.1) is 21.8 Å². The molecular weight excluding hydrogens is 461 g/mol. The number of H-pyrrole nitrogens is 1. The van der Waals surface area contributed by atoms with Crippen molar-refractivity contribution in [2.75, 3.05) is 0 Å². The molecule has 4 aliphatic rings. The summed E-state index contributed by atoms with van der Waals surface area (Å²) in [5.74, 6) is 2.16. The molecule has 0 unspecified atom stereocenters. The molecule has 9 heteroatoms. The summed E-state index contributed by atoms with van der Waals surface area (Å²) >= 11 is 1.17. The predicted octanol–water partition coefficient (Wildman–Crippen LogP) is 6.21. The van der Waals surface area contributed by atoms with E-state index in [-0.39, 0.29) is 22.3 Å². The van der Waals surface area contributed by atoms with Crippen molar-refractivity contribution in [3.8, 4) is 5.13 Å². The van der Waals surface area contributed by atoms with Gasteiger partial charge in [-0.2, -0.15) is 17.9 Å². The highest BCUT2D eigenvalue weighted by Crippen LogP contribution is 2.61. The van der Waals surface area contributed by atoms with Crippen molar-refractivity contribution in [3.63, 3.8) is 0 Å². The van der Waals surface area contributed by atoms with Crippen LogP contribution in [0.4, 0.5) is 13.2 Å². The monoisotopic (exact) mass is 488 g/mol. The van der Waals surface area contributed by atoms with Crippen molar-refractivity contribution in [3.05, 3.63) is 45.9 Å². The number of aromatic nitrogens is 3. The van der Waals surface area contributed by atoms with Gasteiger partial charge in [0, 0.05) is 5.71 Å². The maximum atomic E-state index is 14.0. The minimum Gasteiger partial charge on any atom is -0.286 e. The smallest absolute Gasteiger partial charge is 0.286 e.